The Hall–Kier alpha value is -3.77. The highest BCUT2D eigenvalue weighted by Crippen LogP contribution is 2.42. The molecule has 1 aromatic carbocycles. The number of anilines is 2. The molecule has 2 saturated heterocycles. The Morgan fingerprint density at radius 1 is 1.12 bits per heavy atom. The number of thiazole rings is 1. The van der Waals surface area contributed by atoms with E-state index in [1.807, 2.05) is 0 Å². The predicted molar refractivity (Wildman–Crippen MR) is 157 cm³/mol. The van der Waals surface area contributed by atoms with Crippen LogP contribution in [-0.4, -0.2) is 58.7 Å². The van der Waals surface area contributed by atoms with Gasteiger partial charge < -0.3 is 9.84 Å². The van der Waals surface area contributed by atoms with Crippen molar-refractivity contribution in [1.82, 2.24) is 9.97 Å². The van der Waals surface area contributed by atoms with Gasteiger partial charge in [0.2, 0.25) is 16.9 Å². The molecule has 3 fully saturated rings. The SMILES string of the molecule is O=C(O)C[C@@H](CC1CCOCC1)C(=O)N(c1nc(-c2cc(F)ccc2-c2ccc(N3CCCC3=O)nc2)c(F)s1)C1CC1. The number of carboxylic acid groups (broad SMARTS) is 1. The van der Waals surface area contributed by atoms with Crippen molar-refractivity contribution in [2.45, 2.75) is 57.4 Å². The van der Waals surface area contributed by atoms with E-state index in [0.29, 0.717) is 73.7 Å². The number of rotatable bonds is 10. The Kier molecular flexibility index (Phi) is 8.49. The normalized spacial score (nSPS) is 18.2. The molecule has 226 valence electrons. The maximum atomic E-state index is 15.7. The molecule has 2 aromatic heterocycles. The summed E-state index contributed by atoms with van der Waals surface area (Å²) in [7, 11) is 0. The zero-order valence-electron chi connectivity index (χ0n) is 23.5. The standard InChI is InChI=1S/C31H32F2N4O5S/c32-21-4-7-23(19-3-8-25(34-17-19)36-11-1-2-26(36)38)24(16-21)28-29(33)43-31(35-28)37(22-5-6-22)30(41)20(15-27(39)40)14-18-9-12-42-13-10-18/h3-4,7-8,16-18,20,22H,1-2,5-6,9-15H2,(H,39,40)/t20-/m1/s1. The van der Waals surface area contributed by atoms with Gasteiger partial charge in [-0.25, -0.2) is 14.4 Å². The van der Waals surface area contributed by atoms with Crippen LogP contribution in [-0.2, 0) is 19.1 Å². The summed E-state index contributed by atoms with van der Waals surface area (Å²) >= 11 is 0.703. The van der Waals surface area contributed by atoms with Crippen molar-refractivity contribution in [2.75, 3.05) is 29.6 Å². The number of carbonyl (C=O) groups is 3. The molecule has 0 bridgehead atoms. The van der Waals surface area contributed by atoms with Gasteiger partial charge in [0.15, 0.2) is 5.13 Å². The molecule has 2 amide bonds. The first-order valence-electron chi connectivity index (χ1n) is 14.6. The highest BCUT2D eigenvalue weighted by atomic mass is 32.1. The summed E-state index contributed by atoms with van der Waals surface area (Å²) in [5.41, 5.74) is 1.20. The Morgan fingerprint density at radius 2 is 1.91 bits per heavy atom. The third-order valence-corrected chi connectivity index (χ3v) is 9.15. The number of carbonyl (C=O) groups excluding carboxylic acids is 2. The molecule has 0 spiro atoms. The molecule has 1 saturated carbocycles. The summed E-state index contributed by atoms with van der Waals surface area (Å²) in [6.07, 6.45) is 5.84. The summed E-state index contributed by atoms with van der Waals surface area (Å²) in [4.78, 5) is 49.8. The van der Waals surface area contributed by atoms with Gasteiger partial charge in [-0.2, -0.15) is 4.39 Å². The Bertz CT molecular complexity index is 1520. The van der Waals surface area contributed by atoms with E-state index in [9.17, 15) is 23.9 Å². The number of amides is 2. The predicted octanol–water partition coefficient (Wildman–Crippen LogP) is 5.68. The number of halogens is 2. The van der Waals surface area contributed by atoms with E-state index in [0.717, 1.165) is 19.3 Å². The minimum absolute atomic E-state index is 0.00732. The lowest BCUT2D eigenvalue weighted by Crippen LogP contribution is -2.40. The molecule has 3 aliphatic rings. The maximum absolute atomic E-state index is 15.7. The molecule has 0 unspecified atom stereocenters. The fourth-order valence-electron chi connectivity index (χ4n) is 5.95. The highest BCUT2D eigenvalue weighted by Gasteiger charge is 2.40. The molecule has 2 aliphatic heterocycles. The van der Waals surface area contributed by atoms with Gasteiger partial charge in [0.25, 0.3) is 0 Å². The van der Waals surface area contributed by atoms with Crippen LogP contribution in [0.2, 0.25) is 0 Å². The average Bonchev–Trinajstić information content (AvgIpc) is 3.62. The van der Waals surface area contributed by atoms with Gasteiger partial charge in [-0.1, -0.05) is 17.4 Å². The lowest BCUT2D eigenvalue weighted by molar-refractivity contribution is -0.141. The third kappa shape index (κ3) is 6.45. The number of carboxylic acids is 1. The van der Waals surface area contributed by atoms with Crippen LogP contribution in [0.15, 0.2) is 36.5 Å². The van der Waals surface area contributed by atoms with Gasteiger partial charge in [-0.05, 0) is 74.3 Å². The number of hydrogen-bond acceptors (Lipinski definition) is 7. The molecular weight excluding hydrogens is 578 g/mol. The first-order valence-corrected chi connectivity index (χ1v) is 15.5. The minimum atomic E-state index is -1.06. The number of aromatic nitrogens is 2. The van der Waals surface area contributed by atoms with Crippen molar-refractivity contribution in [3.8, 4) is 22.4 Å². The molecule has 3 aromatic rings. The van der Waals surface area contributed by atoms with Crippen LogP contribution < -0.4 is 9.80 Å². The van der Waals surface area contributed by atoms with E-state index in [-0.39, 0.29) is 46.6 Å². The molecule has 6 rings (SSSR count). The molecule has 0 radical (unpaired) electrons. The van der Waals surface area contributed by atoms with E-state index in [1.165, 1.54) is 23.1 Å². The second kappa shape index (κ2) is 12.5. The van der Waals surface area contributed by atoms with Crippen LogP contribution in [0.3, 0.4) is 0 Å². The van der Waals surface area contributed by atoms with E-state index in [4.69, 9.17) is 4.74 Å². The summed E-state index contributed by atoms with van der Waals surface area (Å²) in [5, 5.41) is 9.06. The zero-order valence-corrected chi connectivity index (χ0v) is 24.3. The van der Waals surface area contributed by atoms with Gasteiger partial charge in [0.05, 0.1) is 6.42 Å². The summed E-state index contributed by atoms with van der Waals surface area (Å²) in [6, 6.07) is 7.28. The summed E-state index contributed by atoms with van der Waals surface area (Å²) in [5.74, 6) is -2.08. The quantitative estimate of drug-likeness (QED) is 0.314. The molecule has 1 aliphatic carbocycles. The number of pyridine rings is 1. The fraction of sp³-hybridized carbons (Fsp3) is 0.452. The Balaban J connectivity index is 1.31. The van der Waals surface area contributed by atoms with Crippen molar-refractivity contribution >= 4 is 40.1 Å². The topological polar surface area (TPSA) is 113 Å². The van der Waals surface area contributed by atoms with E-state index < -0.39 is 22.8 Å². The van der Waals surface area contributed by atoms with Crippen LogP contribution in [0.25, 0.3) is 22.4 Å². The van der Waals surface area contributed by atoms with Gasteiger partial charge in [0.1, 0.15) is 17.3 Å². The third-order valence-electron chi connectivity index (χ3n) is 8.30. The van der Waals surface area contributed by atoms with Gasteiger partial charge in [0, 0.05) is 55.5 Å². The van der Waals surface area contributed by atoms with Gasteiger partial charge >= 0.3 is 5.97 Å². The first-order chi connectivity index (χ1) is 20.8. The average molecular weight is 611 g/mol. The number of hydrogen-bond donors (Lipinski definition) is 1. The molecule has 12 heteroatoms. The minimum Gasteiger partial charge on any atom is -0.481 e. The lowest BCUT2D eigenvalue weighted by Gasteiger charge is -2.29. The Morgan fingerprint density at radius 3 is 2.56 bits per heavy atom. The molecule has 1 atom stereocenters. The van der Waals surface area contributed by atoms with Crippen molar-refractivity contribution < 1.29 is 33.0 Å². The number of aliphatic carboxylic acids is 1. The first kappa shape index (κ1) is 29.3. The largest absolute Gasteiger partial charge is 0.481 e. The van der Waals surface area contributed by atoms with E-state index in [1.54, 1.807) is 23.2 Å². The van der Waals surface area contributed by atoms with Crippen molar-refractivity contribution in [3.63, 3.8) is 0 Å². The van der Waals surface area contributed by atoms with E-state index >= 15 is 4.39 Å². The second-order valence-electron chi connectivity index (χ2n) is 11.4. The fourth-order valence-corrected chi connectivity index (χ4v) is 6.83. The van der Waals surface area contributed by atoms with Crippen molar-refractivity contribution in [3.05, 3.63) is 47.5 Å². The maximum Gasteiger partial charge on any atom is 0.304 e. The smallest absolute Gasteiger partial charge is 0.304 e. The molecule has 43 heavy (non-hydrogen) atoms. The van der Waals surface area contributed by atoms with E-state index in [2.05, 4.69) is 9.97 Å². The summed E-state index contributed by atoms with van der Waals surface area (Å²) < 4.78 is 35.6. The molecular formula is C31H32F2N4O5S. The van der Waals surface area contributed by atoms with Crippen LogP contribution in [0.1, 0.15) is 51.4 Å². The number of ether oxygens (including phenoxy) is 1. The van der Waals surface area contributed by atoms with Gasteiger partial charge in [-0.3, -0.25) is 24.2 Å². The highest BCUT2D eigenvalue weighted by molar-refractivity contribution is 7.14. The second-order valence-corrected chi connectivity index (χ2v) is 12.3. The van der Waals surface area contributed by atoms with Gasteiger partial charge in [-0.15, -0.1) is 0 Å². The number of benzene rings is 1. The van der Waals surface area contributed by atoms with Crippen molar-refractivity contribution in [1.29, 1.82) is 0 Å². The van der Waals surface area contributed by atoms with Crippen molar-refractivity contribution in [2.24, 2.45) is 11.8 Å². The zero-order chi connectivity index (χ0) is 30.1. The monoisotopic (exact) mass is 610 g/mol. The molecule has 4 heterocycles. The Labute approximate surface area is 251 Å². The summed E-state index contributed by atoms with van der Waals surface area (Å²) in [6.45, 7) is 1.76. The lowest BCUT2D eigenvalue weighted by atomic mass is 9.86. The van der Waals surface area contributed by atoms with Crippen LogP contribution >= 0.6 is 11.3 Å². The number of nitrogens with zero attached hydrogens (tertiary/aromatic N) is 4. The molecule has 9 nitrogen and oxygen atoms in total. The van der Waals surface area contributed by atoms with Crippen LogP contribution in [0.4, 0.5) is 19.7 Å². The van der Waals surface area contributed by atoms with Crippen LogP contribution in [0, 0.1) is 22.8 Å². The molecule has 1 N–H and O–H groups in total. The van der Waals surface area contributed by atoms with Crippen LogP contribution in [0.5, 0.6) is 0 Å².